The molecule has 2 aromatic rings. The van der Waals surface area contributed by atoms with Gasteiger partial charge < -0.3 is 20.1 Å². The van der Waals surface area contributed by atoms with E-state index in [1.807, 2.05) is 0 Å². The fourth-order valence-corrected chi connectivity index (χ4v) is 2.73. The average Bonchev–Trinajstić information content (AvgIpc) is 2.85. The summed E-state index contributed by atoms with van der Waals surface area (Å²) in [5.74, 6) is 1.22. The second-order valence-corrected chi connectivity index (χ2v) is 6.12. The molecule has 1 atom stereocenters. The standard InChI is InChI=1S/C19H19F3N2O3/c1-12(13-7-8-16-17(11-13)27-10-4-9-26-16)23-18(25)24-15-6-3-2-5-14(15)19(20,21)22/h2-3,5-8,11-12H,4,9-10H2,1H3,(H2,23,24,25). The van der Waals surface area contributed by atoms with Crippen LogP contribution in [0.15, 0.2) is 42.5 Å². The van der Waals surface area contributed by atoms with Gasteiger partial charge in [-0.15, -0.1) is 0 Å². The maximum atomic E-state index is 13.0. The van der Waals surface area contributed by atoms with E-state index in [0.29, 0.717) is 24.7 Å². The monoisotopic (exact) mass is 380 g/mol. The molecule has 3 rings (SSSR count). The molecule has 1 aliphatic rings. The highest BCUT2D eigenvalue weighted by Crippen LogP contribution is 2.35. The Hall–Kier alpha value is -2.90. The first kappa shape index (κ1) is 18.9. The van der Waals surface area contributed by atoms with Crippen LogP contribution in [0.25, 0.3) is 0 Å². The largest absolute Gasteiger partial charge is 0.490 e. The fourth-order valence-electron chi connectivity index (χ4n) is 2.73. The quantitative estimate of drug-likeness (QED) is 0.808. The van der Waals surface area contributed by atoms with Gasteiger partial charge in [0.25, 0.3) is 0 Å². The van der Waals surface area contributed by atoms with Crippen LogP contribution in [0.5, 0.6) is 11.5 Å². The Morgan fingerprint density at radius 2 is 1.78 bits per heavy atom. The molecule has 0 saturated carbocycles. The highest BCUT2D eigenvalue weighted by Gasteiger charge is 2.33. The number of nitrogens with one attached hydrogen (secondary N) is 2. The lowest BCUT2D eigenvalue weighted by atomic mass is 10.1. The number of ether oxygens (including phenoxy) is 2. The minimum atomic E-state index is -4.55. The number of carbonyl (C=O) groups excluding carboxylic acids is 1. The van der Waals surface area contributed by atoms with Crippen molar-refractivity contribution in [1.29, 1.82) is 0 Å². The molecule has 1 aliphatic heterocycles. The van der Waals surface area contributed by atoms with E-state index >= 15 is 0 Å². The molecule has 5 nitrogen and oxygen atoms in total. The number of para-hydroxylation sites is 1. The van der Waals surface area contributed by atoms with E-state index in [4.69, 9.17) is 9.47 Å². The Kier molecular flexibility index (Phi) is 5.43. The molecule has 1 unspecified atom stereocenters. The number of benzene rings is 2. The van der Waals surface area contributed by atoms with Crippen molar-refractivity contribution in [3.63, 3.8) is 0 Å². The Morgan fingerprint density at radius 1 is 1.07 bits per heavy atom. The molecule has 0 aliphatic carbocycles. The van der Waals surface area contributed by atoms with Crippen molar-refractivity contribution in [1.82, 2.24) is 5.32 Å². The number of anilines is 1. The van der Waals surface area contributed by atoms with Gasteiger partial charge >= 0.3 is 12.2 Å². The molecule has 0 saturated heterocycles. The first-order valence-corrected chi connectivity index (χ1v) is 8.48. The van der Waals surface area contributed by atoms with Gasteiger partial charge in [0.15, 0.2) is 11.5 Å². The molecule has 0 aromatic heterocycles. The van der Waals surface area contributed by atoms with Gasteiger partial charge in [-0.1, -0.05) is 18.2 Å². The summed E-state index contributed by atoms with van der Waals surface area (Å²) in [7, 11) is 0. The Morgan fingerprint density at radius 3 is 2.52 bits per heavy atom. The van der Waals surface area contributed by atoms with Gasteiger partial charge in [-0.25, -0.2) is 4.79 Å². The number of rotatable bonds is 3. The van der Waals surface area contributed by atoms with E-state index in [1.165, 1.54) is 18.2 Å². The van der Waals surface area contributed by atoms with Gasteiger partial charge in [0.05, 0.1) is 30.5 Å². The van der Waals surface area contributed by atoms with E-state index in [2.05, 4.69) is 10.6 Å². The summed E-state index contributed by atoms with van der Waals surface area (Å²) < 4.78 is 50.2. The summed E-state index contributed by atoms with van der Waals surface area (Å²) in [5, 5.41) is 4.90. The lowest BCUT2D eigenvalue weighted by molar-refractivity contribution is -0.136. The molecule has 0 spiro atoms. The Bertz CT molecular complexity index is 824. The van der Waals surface area contributed by atoms with Crippen molar-refractivity contribution >= 4 is 11.7 Å². The molecular formula is C19H19F3N2O3. The highest BCUT2D eigenvalue weighted by molar-refractivity contribution is 5.90. The zero-order chi connectivity index (χ0) is 19.4. The molecule has 144 valence electrons. The maximum absolute atomic E-state index is 13.0. The van der Waals surface area contributed by atoms with Gasteiger partial charge in [0.1, 0.15) is 0 Å². The first-order chi connectivity index (χ1) is 12.8. The van der Waals surface area contributed by atoms with Crippen LogP contribution in [0.4, 0.5) is 23.7 Å². The Labute approximate surface area is 154 Å². The number of fused-ring (bicyclic) bond motifs is 1. The van der Waals surface area contributed by atoms with Gasteiger partial charge in [-0.05, 0) is 36.8 Å². The van der Waals surface area contributed by atoms with Crippen LogP contribution in [0, 0.1) is 0 Å². The number of hydrogen-bond donors (Lipinski definition) is 2. The molecule has 2 aromatic carbocycles. The zero-order valence-corrected chi connectivity index (χ0v) is 14.6. The lowest BCUT2D eigenvalue weighted by Gasteiger charge is -2.18. The van der Waals surface area contributed by atoms with Crippen LogP contribution in [0.2, 0.25) is 0 Å². The van der Waals surface area contributed by atoms with Crippen molar-refractivity contribution < 1.29 is 27.4 Å². The fraction of sp³-hybridized carbons (Fsp3) is 0.316. The molecule has 0 fully saturated rings. The number of halogens is 3. The SMILES string of the molecule is CC(NC(=O)Nc1ccccc1C(F)(F)F)c1ccc2c(c1)OCCCO2. The summed E-state index contributed by atoms with van der Waals surface area (Å²) >= 11 is 0. The third kappa shape index (κ3) is 4.64. The summed E-state index contributed by atoms with van der Waals surface area (Å²) in [6.07, 6.45) is -3.78. The molecule has 27 heavy (non-hydrogen) atoms. The van der Waals surface area contributed by atoms with E-state index in [-0.39, 0.29) is 5.69 Å². The lowest BCUT2D eigenvalue weighted by Crippen LogP contribution is -2.31. The highest BCUT2D eigenvalue weighted by atomic mass is 19.4. The number of carbonyl (C=O) groups is 1. The number of hydrogen-bond acceptors (Lipinski definition) is 3. The second kappa shape index (κ2) is 7.77. The smallest absolute Gasteiger partial charge is 0.418 e. The van der Waals surface area contributed by atoms with Gasteiger partial charge in [-0.3, -0.25) is 0 Å². The molecule has 0 bridgehead atoms. The van der Waals surface area contributed by atoms with Crippen molar-refractivity contribution in [2.75, 3.05) is 18.5 Å². The van der Waals surface area contributed by atoms with Crippen LogP contribution in [-0.4, -0.2) is 19.2 Å². The molecule has 1 heterocycles. The minimum Gasteiger partial charge on any atom is -0.490 e. The van der Waals surface area contributed by atoms with Crippen molar-refractivity contribution in [2.24, 2.45) is 0 Å². The van der Waals surface area contributed by atoms with Gasteiger partial charge in [0, 0.05) is 6.42 Å². The minimum absolute atomic E-state index is 0.298. The molecule has 8 heteroatoms. The van der Waals surface area contributed by atoms with Crippen LogP contribution in [-0.2, 0) is 6.18 Å². The summed E-state index contributed by atoms with van der Waals surface area (Å²) in [4.78, 5) is 12.2. The van der Waals surface area contributed by atoms with E-state index in [1.54, 1.807) is 25.1 Å². The number of amides is 2. The molecule has 0 radical (unpaired) electrons. The molecule has 2 N–H and O–H groups in total. The van der Waals surface area contributed by atoms with Crippen LogP contribution >= 0.6 is 0 Å². The third-order valence-electron chi connectivity index (χ3n) is 4.10. The second-order valence-electron chi connectivity index (χ2n) is 6.12. The zero-order valence-electron chi connectivity index (χ0n) is 14.6. The number of urea groups is 1. The van der Waals surface area contributed by atoms with Crippen molar-refractivity contribution in [2.45, 2.75) is 25.6 Å². The molecular weight excluding hydrogens is 361 g/mol. The maximum Gasteiger partial charge on any atom is 0.418 e. The van der Waals surface area contributed by atoms with Gasteiger partial charge in [0.2, 0.25) is 0 Å². The topological polar surface area (TPSA) is 59.6 Å². The Balaban J connectivity index is 1.69. The summed E-state index contributed by atoms with van der Waals surface area (Å²) in [6.45, 7) is 2.84. The number of alkyl halides is 3. The van der Waals surface area contributed by atoms with Gasteiger partial charge in [-0.2, -0.15) is 13.2 Å². The predicted octanol–water partition coefficient (Wildman–Crippen LogP) is 4.75. The molecule has 2 amide bonds. The van der Waals surface area contributed by atoms with E-state index in [9.17, 15) is 18.0 Å². The van der Waals surface area contributed by atoms with E-state index < -0.39 is 23.8 Å². The third-order valence-corrected chi connectivity index (χ3v) is 4.10. The van der Waals surface area contributed by atoms with Crippen LogP contribution in [0.1, 0.15) is 30.5 Å². The van der Waals surface area contributed by atoms with Crippen molar-refractivity contribution in [3.05, 3.63) is 53.6 Å². The summed E-state index contributed by atoms with van der Waals surface area (Å²) in [6, 6.07) is 8.95. The van der Waals surface area contributed by atoms with Crippen LogP contribution < -0.4 is 20.1 Å². The van der Waals surface area contributed by atoms with E-state index in [0.717, 1.165) is 18.1 Å². The summed E-state index contributed by atoms with van der Waals surface area (Å²) in [5.41, 5.74) is -0.449. The normalized spacial score (nSPS) is 14.8. The van der Waals surface area contributed by atoms with Crippen LogP contribution in [0.3, 0.4) is 0 Å². The van der Waals surface area contributed by atoms with Crippen molar-refractivity contribution in [3.8, 4) is 11.5 Å². The average molecular weight is 380 g/mol. The first-order valence-electron chi connectivity index (χ1n) is 8.48. The predicted molar refractivity (Wildman–Crippen MR) is 94.1 cm³/mol.